The van der Waals surface area contributed by atoms with Crippen molar-refractivity contribution in [2.45, 2.75) is 26.8 Å². The van der Waals surface area contributed by atoms with Crippen LogP contribution in [0.15, 0.2) is 24.3 Å². The van der Waals surface area contributed by atoms with Gasteiger partial charge in [-0.1, -0.05) is 39.0 Å². The molecule has 0 heterocycles. The van der Waals surface area contributed by atoms with Crippen LogP contribution in [0, 0.1) is 11.2 Å². The molecule has 2 heteroatoms. The van der Waals surface area contributed by atoms with Crippen LogP contribution < -0.4 is 5.73 Å². The van der Waals surface area contributed by atoms with Crippen LogP contribution in [0.4, 0.5) is 4.39 Å². The van der Waals surface area contributed by atoms with Crippen molar-refractivity contribution in [1.29, 1.82) is 0 Å². The normalized spacial score (nSPS) is 14.2. The first-order valence-electron chi connectivity index (χ1n) is 4.43. The van der Waals surface area contributed by atoms with E-state index in [1.54, 1.807) is 12.1 Å². The molecule has 1 aromatic carbocycles. The third-order valence-corrected chi connectivity index (χ3v) is 2.17. The first-order valence-corrected chi connectivity index (χ1v) is 4.43. The van der Waals surface area contributed by atoms with Gasteiger partial charge in [0.05, 0.1) is 0 Å². The largest absolute Gasteiger partial charge is 0.323 e. The van der Waals surface area contributed by atoms with Crippen molar-refractivity contribution >= 4 is 0 Å². The molecule has 0 spiro atoms. The van der Waals surface area contributed by atoms with Gasteiger partial charge >= 0.3 is 0 Å². The summed E-state index contributed by atoms with van der Waals surface area (Å²) in [5.74, 6) is -0.218. The molecule has 0 aromatic heterocycles. The monoisotopic (exact) mass is 181 g/mol. The minimum atomic E-state index is -0.256. The molecular weight excluding hydrogens is 165 g/mol. The van der Waals surface area contributed by atoms with E-state index in [1.165, 1.54) is 6.07 Å². The molecule has 1 aromatic rings. The Kier molecular flexibility index (Phi) is 2.71. The summed E-state index contributed by atoms with van der Waals surface area (Å²) in [6, 6.07) is 6.42. The van der Waals surface area contributed by atoms with E-state index in [-0.39, 0.29) is 17.3 Å². The second-order valence-electron chi connectivity index (χ2n) is 4.37. The van der Waals surface area contributed by atoms with Crippen LogP contribution in [0.2, 0.25) is 0 Å². The lowest BCUT2D eigenvalue weighted by atomic mass is 9.83. The summed E-state index contributed by atoms with van der Waals surface area (Å²) in [7, 11) is 0. The molecule has 0 bridgehead atoms. The average Bonchev–Trinajstić information content (AvgIpc) is 2.02. The molecule has 0 radical (unpaired) electrons. The molecule has 0 saturated carbocycles. The lowest BCUT2D eigenvalue weighted by Crippen LogP contribution is -2.27. The smallest absolute Gasteiger partial charge is 0.127 e. The fourth-order valence-corrected chi connectivity index (χ4v) is 1.19. The Morgan fingerprint density at radius 1 is 1.23 bits per heavy atom. The Bertz CT molecular complexity index is 288. The van der Waals surface area contributed by atoms with E-state index >= 15 is 0 Å². The standard InChI is InChI=1S/C11H16FN/c1-11(2,3)10(13)8-6-4-5-7-9(8)12/h4-7,10H,13H2,1-3H3/t10-/m1/s1. The molecular formula is C11H16FN. The summed E-state index contributed by atoms with van der Waals surface area (Å²) in [6.45, 7) is 6.01. The van der Waals surface area contributed by atoms with Gasteiger partial charge in [0.1, 0.15) is 5.82 Å². The maximum absolute atomic E-state index is 13.3. The van der Waals surface area contributed by atoms with Gasteiger partial charge in [-0.2, -0.15) is 0 Å². The third kappa shape index (κ3) is 2.28. The zero-order valence-corrected chi connectivity index (χ0v) is 8.34. The SMILES string of the molecule is CC(C)(C)[C@H](N)c1ccccc1F. The summed E-state index contributed by atoms with van der Waals surface area (Å²) >= 11 is 0. The van der Waals surface area contributed by atoms with E-state index in [0.29, 0.717) is 5.56 Å². The van der Waals surface area contributed by atoms with E-state index in [0.717, 1.165) is 0 Å². The van der Waals surface area contributed by atoms with Crippen molar-refractivity contribution in [3.8, 4) is 0 Å². The first kappa shape index (κ1) is 10.2. The Morgan fingerprint density at radius 2 is 1.77 bits per heavy atom. The van der Waals surface area contributed by atoms with E-state index < -0.39 is 0 Å². The molecule has 0 fully saturated rings. The highest BCUT2D eigenvalue weighted by atomic mass is 19.1. The second kappa shape index (κ2) is 3.46. The molecule has 1 nitrogen and oxygen atoms in total. The van der Waals surface area contributed by atoms with Crippen LogP contribution in [0.5, 0.6) is 0 Å². The molecule has 0 unspecified atom stereocenters. The van der Waals surface area contributed by atoms with E-state index in [2.05, 4.69) is 0 Å². The van der Waals surface area contributed by atoms with Crippen molar-refractivity contribution < 1.29 is 4.39 Å². The summed E-state index contributed by atoms with van der Waals surface area (Å²) in [5.41, 5.74) is 6.42. The highest BCUT2D eigenvalue weighted by Gasteiger charge is 2.24. The van der Waals surface area contributed by atoms with Crippen LogP contribution in [-0.4, -0.2) is 0 Å². The van der Waals surface area contributed by atoms with Gasteiger partial charge < -0.3 is 5.73 Å². The Morgan fingerprint density at radius 3 is 2.23 bits per heavy atom. The van der Waals surface area contributed by atoms with Crippen molar-refractivity contribution in [2.75, 3.05) is 0 Å². The number of hydrogen-bond acceptors (Lipinski definition) is 1. The lowest BCUT2D eigenvalue weighted by molar-refractivity contribution is 0.319. The van der Waals surface area contributed by atoms with Gasteiger partial charge in [-0.25, -0.2) is 4.39 Å². The molecule has 1 rings (SSSR count). The first-order chi connectivity index (χ1) is 5.93. The minimum Gasteiger partial charge on any atom is -0.323 e. The predicted octanol–water partition coefficient (Wildman–Crippen LogP) is 2.87. The molecule has 0 saturated heterocycles. The number of benzene rings is 1. The maximum atomic E-state index is 13.3. The van der Waals surface area contributed by atoms with Crippen LogP contribution in [-0.2, 0) is 0 Å². The lowest BCUT2D eigenvalue weighted by Gasteiger charge is -2.27. The highest BCUT2D eigenvalue weighted by molar-refractivity contribution is 5.22. The van der Waals surface area contributed by atoms with E-state index in [1.807, 2.05) is 26.8 Å². The van der Waals surface area contributed by atoms with Crippen molar-refractivity contribution in [3.63, 3.8) is 0 Å². The quantitative estimate of drug-likeness (QED) is 0.708. The highest BCUT2D eigenvalue weighted by Crippen LogP contribution is 2.31. The zero-order chi connectivity index (χ0) is 10.1. The fourth-order valence-electron chi connectivity index (χ4n) is 1.19. The molecule has 0 aliphatic carbocycles. The molecule has 0 aliphatic rings. The molecule has 13 heavy (non-hydrogen) atoms. The minimum absolute atomic E-state index is 0.109. The number of rotatable bonds is 1. The zero-order valence-electron chi connectivity index (χ0n) is 8.34. The third-order valence-electron chi connectivity index (χ3n) is 2.17. The van der Waals surface area contributed by atoms with Crippen LogP contribution in [0.25, 0.3) is 0 Å². The van der Waals surface area contributed by atoms with Crippen molar-refractivity contribution in [3.05, 3.63) is 35.6 Å². The summed E-state index contributed by atoms with van der Waals surface area (Å²) in [5, 5.41) is 0. The number of halogens is 1. The molecule has 0 amide bonds. The van der Waals surface area contributed by atoms with Gasteiger partial charge in [-0.3, -0.25) is 0 Å². The molecule has 1 atom stereocenters. The number of nitrogens with two attached hydrogens (primary N) is 1. The van der Waals surface area contributed by atoms with Crippen molar-refractivity contribution in [2.24, 2.45) is 11.1 Å². The summed E-state index contributed by atoms with van der Waals surface area (Å²) < 4.78 is 13.3. The summed E-state index contributed by atoms with van der Waals surface area (Å²) in [4.78, 5) is 0. The van der Waals surface area contributed by atoms with Crippen LogP contribution >= 0.6 is 0 Å². The Hall–Kier alpha value is -0.890. The molecule has 0 aliphatic heterocycles. The fraction of sp³-hybridized carbons (Fsp3) is 0.455. The Balaban J connectivity index is 3.02. The topological polar surface area (TPSA) is 26.0 Å². The van der Waals surface area contributed by atoms with Crippen LogP contribution in [0.3, 0.4) is 0 Å². The van der Waals surface area contributed by atoms with Gasteiger partial charge in [0.2, 0.25) is 0 Å². The van der Waals surface area contributed by atoms with Crippen molar-refractivity contribution in [1.82, 2.24) is 0 Å². The number of hydrogen-bond donors (Lipinski definition) is 1. The Labute approximate surface area is 78.8 Å². The maximum Gasteiger partial charge on any atom is 0.127 e. The molecule has 2 N–H and O–H groups in total. The van der Waals surface area contributed by atoms with Gasteiger partial charge in [-0.15, -0.1) is 0 Å². The van der Waals surface area contributed by atoms with Gasteiger partial charge in [0.25, 0.3) is 0 Å². The molecule has 72 valence electrons. The average molecular weight is 181 g/mol. The predicted molar refractivity (Wildman–Crippen MR) is 52.8 cm³/mol. The second-order valence-corrected chi connectivity index (χ2v) is 4.37. The summed E-state index contributed by atoms with van der Waals surface area (Å²) in [6.07, 6.45) is 0. The van der Waals surface area contributed by atoms with Crippen LogP contribution in [0.1, 0.15) is 32.4 Å². The van der Waals surface area contributed by atoms with Gasteiger partial charge in [-0.05, 0) is 11.5 Å². The van der Waals surface area contributed by atoms with Gasteiger partial charge in [0, 0.05) is 11.6 Å². The van der Waals surface area contributed by atoms with Gasteiger partial charge in [0.15, 0.2) is 0 Å². The van der Waals surface area contributed by atoms with E-state index in [9.17, 15) is 4.39 Å². The van der Waals surface area contributed by atoms with E-state index in [4.69, 9.17) is 5.73 Å².